The van der Waals surface area contributed by atoms with Crippen LogP contribution in [0.15, 0.2) is 18.3 Å². The molecule has 4 nitrogen and oxygen atoms in total. The van der Waals surface area contributed by atoms with Crippen LogP contribution in [0.5, 0.6) is 5.88 Å². The first-order chi connectivity index (χ1) is 7.94. The van der Waals surface area contributed by atoms with Gasteiger partial charge in [0.15, 0.2) is 0 Å². The van der Waals surface area contributed by atoms with Crippen LogP contribution in [0.4, 0.5) is 0 Å². The van der Waals surface area contributed by atoms with Gasteiger partial charge in [-0.05, 0) is 19.9 Å². The number of ether oxygens (including phenoxy) is 2. The maximum absolute atomic E-state index is 5.53. The zero-order valence-corrected chi connectivity index (χ0v) is 11.2. The molecule has 0 bridgehead atoms. The van der Waals surface area contributed by atoms with Gasteiger partial charge >= 0.3 is 0 Å². The Labute approximate surface area is 107 Å². The first kappa shape index (κ1) is 13.9. The monoisotopic (exact) mass is 254 g/mol. The van der Waals surface area contributed by atoms with Gasteiger partial charge in [0.05, 0.1) is 12.2 Å². The molecule has 0 amide bonds. The summed E-state index contributed by atoms with van der Waals surface area (Å²) in [5, 5.41) is 0. The summed E-state index contributed by atoms with van der Waals surface area (Å²) >= 11 is 4.89. The number of aromatic nitrogens is 1. The van der Waals surface area contributed by atoms with Crippen LogP contribution >= 0.6 is 12.2 Å². The number of hydrogen-bond donors (Lipinski definition) is 1. The van der Waals surface area contributed by atoms with Crippen LogP contribution < -0.4 is 10.5 Å². The molecule has 0 saturated heterocycles. The minimum atomic E-state index is -0.194. The molecule has 0 unspecified atom stereocenters. The van der Waals surface area contributed by atoms with E-state index < -0.39 is 0 Å². The number of methoxy groups -OCH3 is 1. The second-order valence-electron chi connectivity index (χ2n) is 4.31. The molecule has 1 aromatic rings. The molecule has 1 heterocycles. The van der Waals surface area contributed by atoms with Crippen molar-refractivity contribution < 1.29 is 9.47 Å². The average Bonchev–Trinajstić information content (AvgIpc) is 2.29. The SMILES string of the molecule is COC(C)(C)CCOc1cc(C(N)=S)ccn1. The third-order valence-electron chi connectivity index (χ3n) is 2.53. The molecule has 94 valence electrons. The summed E-state index contributed by atoms with van der Waals surface area (Å²) in [6.07, 6.45) is 2.41. The van der Waals surface area contributed by atoms with Crippen molar-refractivity contribution in [1.82, 2.24) is 4.98 Å². The van der Waals surface area contributed by atoms with Gasteiger partial charge < -0.3 is 15.2 Å². The van der Waals surface area contributed by atoms with Crippen molar-refractivity contribution in [3.05, 3.63) is 23.9 Å². The Balaban J connectivity index is 2.52. The molecule has 0 fully saturated rings. The van der Waals surface area contributed by atoms with Crippen molar-refractivity contribution in [2.24, 2.45) is 5.73 Å². The van der Waals surface area contributed by atoms with Crippen LogP contribution in [0, 0.1) is 0 Å². The van der Waals surface area contributed by atoms with Gasteiger partial charge in [0, 0.05) is 31.4 Å². The molecular weight excluding hydrogens is 236 g/mol. The molecule has 0 aromatic carbocycles. The Morgan fingerprint density at radius 1 is 1.53 bits per heavy atom. The third kappa shape index (κ3) is 4.66. The lowest BCUT2D eigenvalue weighted by atomic mass is 10.1. The fourth-order valence-electron chi connectivity index (χ4n) is 1.15. The summed E-state index contributed by atoms with van der Waals surface area (Å²) in [7, 11) is 1.69. The number of thiocarbonyl (C=S) groups is 1. The van der Waals surface area contributed by atoms with E-state index in [2.05, 4.69) is 4.98 Å². The first-order valence-electron chi connectivity index (χ1n) is 5.38. The summed E-state index contributed by atoms with van der Waals surface area (Å²) in [4.78, 5) is 4.43. The predicted octanol–water partition coefficient (Wildman–Crippen LogP) is 1.91. The quantitative estimate of drug-likeness (QED) is 0.786. The maximum Gasteiger partial charge on any atom is 0.213 e. The molecule has 0 aliphatic carbocycles. The highest BCUT2D eigenvalue weighted by molar-refractivity contribution is 7.80. The zero-order valence-electron chi connectivity index (χ0n) is 10.4. The van der Waals surface area contributed by atoms with Crippen LogP contribution in [0.3, 0.4) is 0 Å². The lowest BCUT2D eigenvalue weighted by Crippen LogP contribution is -2.25. The standard InChI is InChI=1S/C12H18N2O2S/c1-12(2,15-3)5-7-16-10-8-9(11(13)17)4-6-14-10/h4,6,8H,5,7H2,1-3H3,(H2,13,17). The van der Waals surface area contributed by atoms with Crippen molar-refractivity contribution >= 4 is 17.2 Å². The Hall–Kier alpha value is -1.20. The van der Waals surface area contributed by atoms with E-state index in [-0.39, 0.29) is 5.60 Å². The van der Waals surface area contributed by atoms with Gasteiger partial charge in [-0.25, -0.2) is 4.98 Å². The Morgan fingerprint density at radius 3 is 2.82 bits per heavy atom. The lowest BCUT2D eigenvalue weighted by Gasteiger charge is -2.22. The molecule has 0 radical (unpaired) electrons. The molecule has 17 heavy (non-hydrogen) atoms. The van der Waals surface area contributed by atoms with E-state index >= 15 is 0 Å². The van der Waals surface area contributed by atoms with Crippen LogP contribution in [-0.2, 0) is 4.74 Å². The zero-order chi connectivity index (χ0) is 12.9. The molecule has 0 spiro atoms. The largest absolute Gasteiger partial charge is 0.478 e. The van der Waals surface area contributed by atoms with E-state index in [0.717, 1.165) is 12.0 Å². The normalized spacial score (nSPS) is 11.2. The summed E-state index contributed by atoms with van der Waals surface area (Å²) in [5.41, 5.74) is 6.10. The predicted molar refractivity (Wildman–Crippen MR) is 71.3 cm³/mol. The summed E-state index contributed by atoms with van der Waals surface area (Å²) in [5.74, 6) is 0.530. The Bertz CT molecular complexity index is 394. The van der Waals surface area contributed by atoms with E-state index in [0.29, 0.717) is 17.5 Å². The second-order valence-corrected chi connectivity index (χ2v) is 4.75. The van der Waals surface area contributed by atoms with Gasteiger partial charge in [-0.15, -0.1) is 0 Å². The van der Waals surface area contributed by atoms with Gasteiger partial charge in [0.25, 0.3) is 0 Å². The van der Waals surface area contributed by atoms with Gasteiger partial charge in [0.1, 0.15) is 4.99 Å². The minimum Gasteiger partial charge on any atom is -0.478 e. The molecular formula is C12H18N2O2S. The van der Waals surface area contributed by atoms with E-state index in [9.17, 15) is 0 Å². The van der Waals surface area contributed by atoms with Crippen molar-refractivity contribution in [2.45, 2.75) is 25.9 Å². The van der Waals surface area contributed by atoms with Crippen molar-refractivity contribution in [3.8, 4) is 5.88 Å². The summed E-state index contributed by atoms with van der Waals surface area (Å²) in [6, 6.07) is 3.50. The minimum absolute atomic E-state index is 0.194. The highest BCUT2D eigenvalue weighted by Crippen LogP contribution is 2.15. The molecule has 0 saturated carbocycles. The van der Waals surface area contributed by atoms with Crippen molar-refractivity contribution in [3.63, 3.8) is 0 Å². The van der Waals surface area contributed by atoms with Crippen LogP contribution in [0.25, 0.3) is 0 Å². The molecule has 0 atom stereocenters. The van der Waals surface area contributed by atoms with Gasteiger partial charge in [-0.1, -0.05) is 12.2 Å². The fraction of sp³-hybridized carbons (Fsp3) is 0.500. The van der Waals surface area contributed by atoms with Gasteiger partial charge in [-0.2, -0.15) is 0 Å². The molecule has 0 aliphatic rings. The van der Waals surface area contributed by atoms with E-state index in [1.165, 1.54) is 0 Å². The number of nitrogens with zero attached hydrogens (tertiary/aromatic N) is 1. The van der Waals surface area contributed by atoms with Gasteiger partial charge in [-0.3, -0.25) is 0 Å². The Kier molecular flexibility index (Phi) is 4.84. The van der Waals surface area contributed by atoms with Crippen LogP contribution in [-0.4, -0.2) is 29.3 Å². The fourth-order valence-corrected chi connectivity index (χ4v) is 1.27. The van der Waals surface area contributed by atoms with Crippen molar-refractivity contribution in [2.75, 3.05) is 13.7 Å². The number of nitrogens with two attached hydrogens (primary N) is 1. The molecule has 0 aliphatic heterocycles. The molecule has 1 rings (SSSR count). The first-order valence-corrected chi connectivity index (χ1v) is 5.79. The lowest BCUT2D eigenvalue weighted by molar-refractivity contribution is 0.00509. The third-order valence-corrected chi connectivity index (χ3v) is 2.76. The number of rotatable bonds is 6. The average molecular weight is 254 g/mol. The van der Waals surface area contributed by atoms with Crippen molar-refractivity contribution in [1.29, 1.82) is 0 Å². The van der Waals surface area contributed by atoms with Gasteiger partial charge in [0.2, 0.25) is 5.88 Å². The summed E-state index contributed by atoms with van der Waals surface area (Å²) in [6.45, 7) is 4.55. The Morgan fingerprint density at radius 2 is 2.24 bits per heavy atom. The summed E-state index contributed by atoms with van der Waals surface area (Å²) < 4.78 is 10.8. The second kappa shape index (κ2) is 5.93. The number of hydrogen-bond acceptors (Lipinski definition) is 4. The van der Waals surface area contributed by atoms with E-state index in [1.54, 1.807) is 25.4 Å². The van der Waals surface area contributed by atoms with E-state index in [1.807, 2.05) is 13.8 Å². The highest BCUT2D eigenvalue weighted by atomic mass is 32.1. The molecule has 2 N–H and O–H groups in total. The maximum atomic E-state index is 5.53. The van der Waals surface area contributed by atoms with Crippen LogP contribution in [0.2, 0.25) is 0 Å². The smallest absolute Gasteiger partial charge is 0.213 e. The highest BCUT2D eigenvalue weighted by Gasteiger charge is 2.16. The molecule has 5 heteroatoms. The van der Waals surface area contributed by atoms with Crippen LogP contribution in [0.1, 0.15) is 25.8 Å². The number of pyridine rings is 1. The molecule has 1 aromatic heterocycles. The topological polar surface area (TPSA) is 57.4 Å². The van der Waals surface area contributed by atoms with E-state index in [4.69, 9.17) is 27.4 Å².